The van der Waals surface area contributed by atoms with E-state index in [1.54, 1.807) is 30.3 Å². The normalized spacial score (nSPS) is 10.6. The molecule has 0 saturated carbocycles. The van der Waals surface area contributed by atoms with Crippen LogP contribution in [0.5, 0.6) is 5.75 Å². The number of aromatic amines is 1. The molecule has 0 bridgehead atoms. The Hall–Kier alpha value is -4.20. The summed E-state index contributed by atoms with van der Waals surface area (Å²) in [6, 6.07) is 20.0. The highest BCUT2D eigenvalue weighted by Crippen LogP contribution is 2.19. The van der Waals surface area contributed by atoms with E-state index < -0.39 is 11.7 Å². The van der Waals surface area contributed by atoms with Crippen LogP contribution >= 0.6 is 0 Å². The van der Waals surface area contributed by atoms with Crippen molar-refractivity contribution in [3.63, 3.8) is 0 Å². The Kier molecular flexibility index (Phi) is 5.89. The first-order chi connectivity index (χ1) is 15.1. The number of para-hydroxylation sites is 4. The predicted molar refractivity (Wildman–Crippen MR) is 114 cm³/mol. The smallest absolute Gasteiger partial charge is 0.262 e. The Bertz CT molecular complexity index is 1210. The second-order valence-electron chi connectivity index (χ2n) is 6.70. The Balaban J connectivity index is 1.37. The zero-order chi connectivity index (χ0) is 21.6. The number of fused-ring (bicyclic) bond motifs is 1. The summed E-state index contributed by atoms with van der Waals surface area (Å²) in [7, 11) is 0. The number of hydrogen-bond acceptors (Lipinski definition) is 4. The van der Waals surface area contributed by atoms with E-state index in [1.807, 2.05) is 24.3 Å². The molecule has 1 aromatic heterocycles. The molecule has 4 aromatic rings. The number of H-pyrrole nitrogens is 1. The van der Waals surface area contributed by atoms with Crippen molar-refractivity contribution in [1.82, 2.24) is 15.3 Å². The van der Waals surface area contributed by atoms with Gasteiger partial charge in [-0.25, -0.2) is 9.37 Å². The summed E-state index contributed by atoms with van der Waals surface area (Å²) in [5.74, 6) is -0.583. The van der Waals surface area contributed by atoms with Gasteiger partial charge in [0.2, 0.25) is 0 Å². The van der Waals surface area contributed by atoms with Gasteiger partial charge < -0.3 is 20.4 Å². The average Bonchev–Trinajstić information content (AvgIpc) is 3.21. The maximum Gasteiger partial charge on any atom is 0.262 e. The van der Waals surface area contributed by atoms with E-state index in [-0.39, 0.29) is 36.1 Å². The Morgan fingerprint density at radius 2 is 1.71 bits per heavy atom. The number of carbonyl (C=O) groups is 2. The van der Waals surface area contributed by atoms with Gasteiger partial charge >= 0.3 is 0 Å². The van der Waals surface area contributed by atoms with E-state index >= 15 is 0 Å². The molecule has 1 heterocycles. The minimum atomic E-state index is -0.541. The van der Waals surface area contributed by atoms with Crippen LogP contribution in [0.2, 0.25) is 0 Å². The molecule has 0 fully saturated rings. The van der Waals surface area contributed by atoms with Crippen molar-refractivity contribution < 1.29 is 18.7 Å². The third-order valence-corrected chi connectivity index (χ3v) is 4.49. The van der Waals surface area contributed by atoms with Crippen LogP contribution in [0.4, 0.5) is 10.1 Å². The lowest BCUT2D eigenvalue weighted by atomic mass is 10.2. The van der Waals surface area contributed by atoms with E-state index in [0.29, 0.717) is 5.82 Å². The SMILES string of the molecule is O=C(COc1ccccc1C(=O)NCc1nc2ccccc2[nH]1)Nc1ccccc1F. The number of anilines is 1. The van der Waals surface area contributed by atoms with Crippen molar-refractivity contribution in [2.24, 2.45) is 0 Å². The minimum absolute atomic E-state index is 0.0629. The highest BCUT2D eigenvalue weighted by atomic mass is 19.1. The molecule has 0 saturated heterocycles. The number of nitrogens with zero attached hydrogens (tertiary/aromatic N) is 1. The first-order valence-corrected chi connectivity index (χ1v) is 9.58. The van der Waals surface area contributed by atoms with Crippen molar-refractivity contribution >= 4 is 28.5 Å². The fraction of sp³-hybridized carbons (Fsp3) is 0.0870. The van der Waals surface area contributed by atoms with Crippen LogP contribution in [0.15, 0.2) is 72.8 Å². The number of carbonyl (C=O) groups excluding carboxylic acids is 2. The summed E-state index contributed by atoms with van der Waals surface area (Å²) in [5.41, 5.74) is 2.04. The van der Waals surface area contributed by atoms with Crippen molar-refractivity contribution in [3.8, 4) is 5.75 Å². The van der Waals surface area contributed by atoms with E-state index in [1.165, 1.54) is 18.2 Å². The molecule has 156 valence electrons. The van der Waals surface area contributed by atoms with Gasteiger partial charge in [0.15, 0.2) is 6.61 Å². The molecular formula is C23H19FN4O3. The number of benzene rings is 3. The number of halogens is 1. The Morgan fingerprint density at radius 1 is 0.968 bits per heavy atom. The quantitative estimate of drug-likeness (QED) is 0.427. The van der Waals surface area contributed by atoms with Crippen molar-refractivity contribution in [3.05, 3.63) is 90.0 Å². The number of imidazole rings is 1. The summed E-state index contributed by atoms with van der Waals surface area (Å²) in [4.78, 5) is 32.3. The van der Waals surface area contributed by atoms with Crippen LogP contribution in [-0.4, -0.2) is 28.4 Å². The van der Waals surface area contributed by atoms with Gasteiger partial charge in [-0.2, -0.15) is 0 Å². The molecule has 2 amide bonds. The van der Waals surface area contributed by atoms with Crippen molar-refractivity contribution in [1.29, 1.82) is 0 Å². The molecule has 8 heteroatoms. The molecule has 3 N–H and O–H groups in total. The van der Waals surface area contributed by atoms with Crippen molar-refractivity contribution in [2.45, 2.75) is 6.54 Å². The standard InChI is InChI=1S/C23H19FN4O3/c24-16-8-2-3-9-17(16)28-22(29)14-31-20-12-6-1-7-15(20)23(30)25-13-21-26-18-10-4-5-11-19(18)27-21/h1-12H,13-14H2,(H,25,30)(H,26,27)(H,28,29). The molecule has 7 nitrogen and oxygen atoms in total. The maximum atomic E-state index is 13.7. The highest BCUT2D eigenvalue weighted by molar-refractivity contribution is 5.97. The number of ether oxygens (including phenoxy) is 1. The predicted octanol–water partition coefficient (Wildman–Crippen LogP) is 3.65. The molecular weight excluding hydrogens is 399 g/mol. The lowest BCUT2D eigenvalue weighted by molar-refractivity contribution is -0.118. The molecule has 31 heavy (non-hydrogen) atoms. The summed E-state index contributed by atoms with van der Waals surface area (Å²) >= 11 is 0. The topological polar surface area (TPSA) is 96.1 Å². The lowest BCUT2D eigenvalue weighted by Gasteiger charge is -2.12. The number of rotatable bonds is 7. The van der Waals surface area contributed by atoms with Crippen LogP contribution in [0.3, 0.4) is 0 Å². The molecule has 0 aliphatic carbocycles. The first kappa shape index (κ1) is 20.1. The monoisotopic (exact) mass is 418 g/mol. The Morgan fingerprint density at radius 3 is 2.55 bits per heavy atom. The van der Waals surface area contributed by atoms with Gasteiger partial charge in [0.1, 0.15) is 17.4 Å². The fourth-order valence-corrected chi connectivity index (χ4v) is 3.02. The van der Waals surface area contributed by atoms with Crippen LogP contribution in [0, 0.1) is 5.82 Å². The van der Waals surface area contributed by atoms with Gasteiger partial charge in [0, 0.05) is 0 Å². The van der Waals surface area contributed by atoms with Gasteiger partial charge in [0.25, 0.3) is 11.8 Å². The molecule has 4 rings (SSSR count). The van der Waals surface area contributed by atoms with Gasteiger partial charge in [0.05, 0.1) is 28.8 Å². The van der Waals surface area contributed by atoms with Gasteiger partial charge in [-0.15, -0.1) is 0 Å². The second-order valence-corrected chi connectivity index (χ2v) is 6.70. The molecule has 3 aromatic carbocycles. The molecule has 0 unspecified atom stereocenters. The zero-order valence-corrected chi connectivity index (χ0v) is 16.4. The zero-order valence-electron chi connectivity index (χ0n) is 16.4. The summed E-state index contributed by atoms with van der Waals surface area (Å²) < 4.78 is 19.2. The summed E-state index contributed by atoms with van der Waals surface area (Å²) in [5, 5.41) is 5.23. The number of hydrogen-bond donors (Lipinski definition) is 3. The molecule has 0 aliphatic heterocycles. The number of nitrogens with one attached hydrogen (secondary N) is 3. The third kappa shape index (κ3) is 4.87. The van der Waals surface area contributed by atoms with Gasteiger partial charge in [-0.1, -0.05) is 36.4 Å². The van der Waals surface area contributed by atoms with E-state index in [0.717, 1.165) is 11.0 Å². The van der Waals surface area contributed by atoms with Crippen LogP contribution in [-0.2, 0) is 11.3 Å². The van der Waals surface area contributed by atoms with E-state index in [2.05, 4.69) is 20.6 Å². The summed E-state index contributed by atoms with van der Waals surface area (Å²) in [6.45, 7) is -0.169. The molecule has 0 radical (unpaired) electrons. The minimum Gasteiger partial charge on any atom is -0.483 e. The van der Waals surface area contributed by atoms with Crippen molar-refractivity contribution in [2.75, 3.05) is 11.9 Å². The Labute approximate surface area is 177 Å². The van der Waals surface area contributed by atoms with E-state index in [4.69, 9.17) is 4.74 Å². The number of aromatic nitrogens is 2. The van der Waals surface area contributed by atoms with Gasteiger partial charge in [-0.05, 0) is 36.4 Å². The number of amides is 2. The third-order valence-electron chi connectivity index (χ3n) is 4.49. The average molecular weight is 418 g/mol. The largest absolute Gasteiger partial charge is 0.483 e. The molecule has 0 aliphatic rings. The highest BCUT2D eigenvalue weighted by Gasteiger charge is 2.14. The second kappa shape index (κ2) is 9.08. The molecule has 0 spiro atoms. The fourth-order valence-electron chi connectivity index (χ4n) is 3.02. The van der Waals surface area contributed by atoms with Crippen LogP contribution in [0.25, 0.3) is 11.0 Å². The van der Waals surface area contributed by atoms with Crippen LogP contribution < -0.4 is 15.4 Å². The lowest BCUT2D eigenvalue weighted by Crippen LogP contribution is -2.25. The maximum absolute atomic E-state index is 13.7. The van der Waals surface area contributed by atoms with E-state index in [9.17, 15) is 14.0 Å². The molecule has 0 atom stereocenters. The first-order valence-electron chi connectivity index (χ1n) is 9.58. The summed E-state index contributed by atoms with van der Waals surface area (Å²) in [6.07, 6.45) is 0. The van der Waals surface area contributed by atoms with Gasteiger partial charge in [-0.3, -0.25) is 9.59 Å². The van der Waals surface area contributed by atoms with Crippen LogP contribution in [0.1, 0.15) is 16.2 Å².